The van der Waals surface area contributed by atoms with Crippen molar-refractivity contribution in [3.63, 3.8) is 0 Å². The highest BCUT2D eigenvalue weighted by atomic mass is 32.2. The summed E-state index contributed by atoms with van der Waals surface area (Å²) < 4.78 is 62.3. The zero-order chi connectivity index (χ0) is 30.8. The third-order valence-corrected chi connectivity index (χ3v) is 7.94. The van der Waals surface area contributed by atoms with Crippen molar-refractivity contribution in [1.29, 1.82) is 0 Å². The molecule has 14 heteroatoms. The maximum Gasteiger partial charge on any atom is 0.418 e. The number of alkyl halides is 3. The predicted octanol–water partition coefficient (Wildman–Crippen LogP) is 3.84. The summed E-state index contributed by atoms with van der Waals surface area (Å²) in [6.07, 6.45) is -4.03. The Morgan fingerprint density at radius 3 is 2.38 bits per heavy atom. The normalized spacial score (nSPS) is 12.8. The quantitative estimate of drug-likeness (QED) is 0.310. The van der Waals surface area contributed by atoms with Gasteiger partial charge >= 0.3 is 12.3 Å². The van der Waals surface area contributed by atoms with Gasteiger partial charge in [0.25, 0.3) is 11.5 Å². The average molecular weight is 602 g/mol. The number of hydrogen-bond acceptors (Lipinski definition) is 6. The van der Waals surface area contributed by atoms with Crippen LogP contribution in [0.5, 0.6) is 0 Å². The molecule has 1 atom stereocenters. The molecular formula is C28H26F3N5O5S. The predicted molar refractivity (Wildman–Crippen MR) is 151 cm³/mol. The molecule has 2 amide bonds. The summed E-state index contributed by atoms with van der Waals surface area (Å²) in [6, 6.07) is 13.3. The number of methoxy groups -OCH3 is 1. The first kappa shape index (κ1) is 30.1. The summed E-state index contributed by atoms with van der Waals surface area (Å²) >= 11 is 0. The largest absolute Gasteiger partial charge is 0.452 e. The van der Waals surface area contributed by atoms with E-state index in [4.69, 9.17) is 0 Å². The lowest BCUT2D eigenvalue weighted by Gasteiger charge is -2.18. The fourth-order valence-electron chi connectivity index (χ4n) is 4.24. The van der Waals surface area contributed by atoms with Crippen molar-refractivity contribution in [2.75, 3.05) is 7.11 Å². The van der Waals surface area contributed by atoms with Gasteiger partial charge in [-0.25, -0.2) is 13.7 Å². The minimum atomic E-state index is -4.64. The fourth-order valence-corrected chi connectivity index (χ4v) is 5.28. The Bertz CT molecular complexity index is 1830. The van der Waals surface area contributed by atoms with Crippen molar-refractivity contribution in [2.24, 2.45) is 7.05 Å². The molecule has 0 saturated carbocycles. The molecular weight excluding hydrogens is 575 g/mol. The van der Waals surface area contributed by atoms with Gasteiger partial charge in [-0.15, -0.1) is 0 Å². The smallest absolute Gasteiger partial charge is 0.418 e. The molecule has 0 radical (unpaired) electrons. The Labute approximate surface area is 238 Å². The van der Waals surface area contributed by atoms with Crippen LogP contribution in [0.1, 0.15) is 27.2 Å². The Balaban J connectivity index is 1.70. The first-order valence-corrected chi connectivity index (χ1v) is 14.0. The zero-order valence-corrected chi connectivity index (χ0v) is 23.5. The second-order valence-electron chi connectivity index (χ2n) is 9.18. The van der Waals surface area contributed by atoms with Crippen LogP contribution in [0.3, 0.4) is 0 Å². The summed E-state index contributed by atoms with van der Waals surface area (Å²) in [5, 5.41) is 6.77. The number of pyridine rings is 1. The number of aromatic nitrogens is 3. The van der Waals surface area contributed by atoms with Gasteiger partial charge < -0.3 is 10.1 Å². The standard InChI is InChI=1S/C28H26F3N5O5S/c1-17-22(24-12-13-33-35(24)2)15-23(26(38)36(17)20-7-5-6-19(14-20)28(29,30)31)25(37)32-16-18-8-10-21(11-9-18)42(4,40)34-27(39)41-3/h5-15H,4,16H2,1-3H3,(H,32,37)(H,34,39,40). The van der Waals surface area contributed by atoms with Crippen molar-refractivity contribution < 1.29 is 31.7 Å². The van der Waals surface area contributed by atoms with E-state index in [0.29, 0.717) is 22.5 Å². The molecule has 4 rings (SSSR count). The SMILES string of the molecule is C=S(=O)(NC(=O)OC)c1ccc(CNC(=O)c2cc(-c3ccnn3C)c(C)n(-c3cccc(C(F)(F)F)c3)c2=O)cc1. The molecule has 0 aliphatic rings. The lowest BCUT2D eigenvalue weighted by atomic mass is 10.1. The molecule has 2 heterocycles. The molecule has 0 bridgehead atoms. The number of amides is 2. The molecule has 2 N–H and O–H groups in total. The number of nitrogens with zero attached hydrogens (tertiary/aromatic N) is 3. The zero-order valence-electron chi connectivity index (χ0n) is 22.7. The minimum Gasteiger partial charge on any atom is -0.452 e. The molecule has 0 spiro atoms. The topological polar surface area (TPSA) is 124 Å². The number of carbonyl (C=O) groups excluding carboxylic acids is 2. The molecule has 0 saturated heterocycles. The Morgan fingerprint density at radius 2 is 1.79 bits per heavy atom. The van der Waals surface area contributed by atoms with Gasteiger partial charge in [0, 0.05) is 41.6 Å². The third kappa shape index (κ3) is 6.22. The number of benzene rings is 2. The maximum absolute atomic E-state index is 13.6. The van der Waals surface area contributed by atoms with Crippen molar-refractivity contribution in [3.05, 3.63) is 99.6 Å². The average Bonchev–Trinajstić information content (AvgIpc) is 3.37. The number of nitrogens with one attached hydrogen (secondary N) is 2. The van der Waals surface area contributed by atoms with Crippen LogP contribution >= 0.6 is 0 Å². The van der Waals surface area contributed by atoms with Gasteiger partial charge in [0.2, 0.25) is 0 Å². The molecule has 2 aromatic carbocycles. The van der Waals surface area contributed by atoms with Crippen LogP contribution in [0.15, 0.2) is 76.6 Å². The van der Waals surface area contributed by atoms with Crippen LogP contribution in [0.2, 0.25) is 0 Å². The summed E-state index contributed by atoms with van der Waals surface area (Å²) in [5.41, 5.74) is -0.270. The van der Waals surface area contributed by atoms with Gasteiger partial charge in [-0.3, -0.25) is 18.8 Å². The summed E-state index contributed by atoms with van der Waals surface area (Å²) in [7, 11) is -0.400. The van der Waals surface area contributed by atoms with Crippen LogP contribution in [0.25, 0.3) is 16.9 Å². The molecule has 1 unspecified atom stereocenters. The van der Waals surface area contributed by atoms with Gasteiger partial charge in [-0.05, 0) is 60.8 Å². The molecule has 0 aliphatic heterocycles. The Kier molecular flexibility index (Phi) is 8.29. The number of hydrogen-bond donors (Lipinski definition) is 2. The van der Waals surface area contributed by atoms with E-state index < -0.39 is 39.0 Å². The molecule has 42 heavy (non-hydrogen) atoms. The summed E-state index contributed by atoms with van der Waals surface area (Å²) in [4.78, 5) is 38.5. The van der Waals surface area contributed by atoms with Gasteiger partial charge in [0.05, 0.1) is 28.1 Å². The van der Waals surface area contributed by atoms with Gasteiger partial charge in [0.15, 0.2) is 0 Å². The highest BCUT2D eigenvalue weighted by Gasteiger charge is 2.31. The second kappa shape index (κ2) is 11.6. The third-order valence-electron chi connectivity index (χ3n) is 6.41. The van der Waals surface area contributed by atoms with E-state index in [2.05, 4.69) is 25.7 Å². The van der Waals surface area contributed by atoms with Crippen LogP contribution < -0.4 is 15.6 Å². The molecule has 4 aromatic rings. The minimum absolute atomic E-state index is 0.0419. The molecule has 10 nitrogen and oxygen atoms in total. The molecule has 220 valence electrons. The van der Waals surface area contributed by atoms with Gasteiger partial charge in [0.1, 0.15) is 5.56 Å². The van der Waals surface area contributed by atoms with E-state index >= 15 is 0 Å². The molecule has 2 aromatic heterocycles. The summed E-state index contributed by atoms with van der Waals surface area (Å²) in [6.45, 7) is 1.53. The lowest BCUT2D eigenvalue weighted by molar-refractivity contribution is -0.137. The lowest BCUT2D eigenvalue weighted by Crippen LogP contribution is -2.33. The first-order chi connectivity index (χ1) is 19.7. The number of aryl methyl sites for hydroxylation is 1. The van der Waals surface area contributed by atoms with Gasteiger partial charge in [-0.1, -0.05) is 18.2 Å². The van der Waals surface area contributed by atoms with Crippen LogP contribution in [0, 0.1) is 6.92 Å². The van der Waals surface area contributed by atoms with E-state index in [9.17, 15) is 31.8 Å². The monoisotopic (exact) mass is 601 g/mol. The Morgan fingerprint density at radius 1 is 1.10 bits per heavy atom. The first-order valence-electron chi connectivity index (χ1n) is 12.3. The van der Waals surface area contributed by atoms with Crippen LogP contribution in [-0.4, -0.2) is 43.5 Å². The second-order valence-corrected chi connectivity index (χ2v) is 11.2. The van der Waals surface area contributed by atoms with Crippen LogP contribution in [0.4, 0.5) is 18.0 Å². The maximum atomic E-state index is 13.6. The number of ether oxygens (including phenoxy) is 1. The van der Waals surface area contributed by atoms with E-state index in [1.165, 1.54) is 41.2 Å². The van der Waals surface area contributed by atoms with Crippen molar-refractivity contribution in [3.8, 4) is 16.9 Å². The van der Waals surface area contributed by atoms with Crippen LogP contribution in [-0.2, 0) is 34.2 Å². The fraction of sp³-hybridized carbons (Fsp3) is 0.179. The Hall–Kier alpha value is -4.85. The highest BCUT2D eigenvalue weighted by Crippen LogP contribution is 2.31. The highest BCUT2D eigenvalue weighted by molar-refractivity contribution is 7.99. The van der Waals surface area contributed by atoms with Crippen molar-refractivity contribution in [2.45, 2.75) is 24.5 Å². The number of rotatable bonds is 7. The summed E-state index contributed by atoms with van der Waals surface area (Å²) in [5.74, 6) is 2.75. The van der Waals surface area contributed by atoms with E-state index in [1.54, 1.807) is 32.2 Å². The van der Waals surface area contributed by atoms with E-state index in [1.807, 2.05) is 0 Å². The number of halogens is 3. The molecule has 0 fully saturated rings. The van der Waals surface area contributed by atoms with E-state index in [-0.39, 0.29) is 22.7 Å². The molecule has 0 aliphatic carbocycles. The van der Waals surface area contributed by atoms with Gasteiger partial charge in [-0.2, -0.15) is 18.3 Å². The number of carbonyl (C=O) groups is 2. The van der Waals surface area contributed by atoms with E-state index in [0.717, 1.165) is 23.8 Å². The van der Waals surface area contributed by atoms with Crippen molar-refractivity contribution >= 4 is 27.6 Å². The van der Waals surface area contributed by atoms with Crippen molar-refractivity contribution in [1.82, 2.24) is 24.4 Å².